The van der Waals surface area contributed by atoms with E-state index in [1.165, 1.54) is 0 Å². The summed E-state index contributed by atoms with van der Waals surface area (Å²) in [7, 11) is 0. The van der Waals surface area contributed by atoms with Gasteiger partial charge in [-0.15, -0.1) is 0 Å². The van der Waals surface area contributed by atoms with E-state index in [0.717, 1.165) is 16.9 Å². The molecule has 4 aromatic rings. The smallest absolute Gasteiger partial charge is 0.251 e. The lowest BCUT2D eigenvalue weighted by atomic mass is 10.2. The summed E-state index contributed by atoms with van der Waals surface area (Å²) in [5.41, 5.74) is 3.42. The summed E-state index contributed by atoms with van der Waals surface area (Å²) >= 11 is 5.16. The summed E-state index contributed by atoms with van der Waals surface area (Å²) < 4.78 is 10.2. The molecule has 9 heteroatoms. The van der Waals surface area contributed by atoms with E-state index in [9.17, 15) is 4.79 Å². The van der Waals surface area contributed by atoms with Crippen molar-refractivity contribution in [3.63, 3.8) is 0 Å². The summed E-state index contributed by atoms with van der Waals surface area (Å²) in [6.07, 6.45) is 3.92. The van der Waals surface area contributed by atoms with E-state index in [4.69, 9.17) is 17.0 Å². The maximum Gasteiger partial charge on any atom is 0.251 e. The first-order valence-corrected chi connectivity index (χ1v) is 10.0. The lowest BCUT2D eigenvalue weighted by Gasteiger charge is -2.08. The number of aromatic nitrogens is 5. The Balaban J connectivity index is 1.35. The van der Waals surface area contributed by atoms with Crippen molar-refractivity contribution >= 4 is 23.8 Å². The fraction of sp³-hybridized carbons (Fsp3) is 0.238. The van der Waals surface area contributed by atoms with E-state index < -0.39 is 0 Å². The zero-order valence-corrected chi connectivity index (χ0v) is 17.6. The second-order valence-corrected chi connectivity index (χ2v) is 7.23. The summed E-state index contributed by atoms with van der Waals surface area (Å²) in [4.78, 5) is 17.0. The first kappa shape index (κ1) is 19.8. The number of pyridine rings is 1. The summed E-state index contributed by atoms with van der Waals surface area (Å²) in [6, 6.07) is 11.0. The van der Waals surface area contributed by atoms with E-state index in [0.29, 0.717) is 41.6 Å². The molecular weight excluding hydrogens is 400 g/mol. The number of imidazole rings is 1. The van der Waals surface area contributed by atoms with Crippen LogP contribution in [-0.4, -0.2) is 30.1 Å². The van der Waals surface area contributed by atoms with Gasteiger partial charge in [0.2, 0.25) is 0 Å². The third kappa shape index (κ3) is 4.11. The summed E-state index contributed by atoms with van der Waals surface area (Å²) in [6.45, 7) is 5.35. The molecule has 4 rings (SSSR count). The van der Waals surface area contributed by atoms with E-state index >= 15 is 0 Å². The van der Waals surface area contributed by atoms with Gasteiger partial charge in [0.25, 0.3) is 5.91 Å². The fourth-order valence-corrected chi connectivity index (χ4v) is 3.49. The van der Waals surface area contributed by atoms with Crippen molar-refractivity contribution in [3.05, 3.63) is 76.2 Å². The van der Waals surface area contributed by atoms with Gasteiger partial charge in [0.1, 0.15) is 18.0 Å². The van der Waals surface area contributed by atoms with Gasteiger partial charge in [-0.25, -0.2) is 4.98 Å². The number of carbonyl (C=O) groups is 1. The first-order chi connectivity index (χ1) is 14.5. The van der Waals surface area contributed by atoms with Gasteiger partial charge in [-0.05, 0) is 62.0 Å². The van der Waals surface area contributed by atoms with Gasteiger partial charge < -0.3 is 19.0 Å². The lowest BCUT2D eigenvalue weighted by Crippen LogP contribution is -2.24. The quantitative estimate of drug-likeness (QED) is 0.446. The third-order valence-corrected chi connectivity index (χ3v) is 5.10. The topological polar surface area (TPSA) is 89.2 Å². The SMILES string of the molecule is CCn1c(CNC(=O)c2ccc(OCc3cn4cccc(C)c4n3)cc2)n[nH]c1=S. The minimum atomic E-state index is -0.186. The Morgan fingerprint density at radius 3 is 2.80 bits per heavy atom. The van der Waals surface area contributed by atoms with Gasteiger partial charge in [0, 0.05) is 24.5 Å². The zero-order chi connectivity index (χ0) is 21.1. The molecular formula is C21H22N6O2S. The summed E-state index contributed by atoms with van der Waals surface area (Å²) in [5.74, 6) is 1.18. The van der Waals surface area contributed by atoms with E-state index in [1.807, 2.05) is 47.3 Å². The number of benzene rings is 1. The van der Waals surface area contributed by atoms with Gasteiger partial charge in [-0.2, -0.15) is 5.10 Å². The molecule has 0 aliphatic rings. The Morgan fingerprint density at radius 1 is 1.27 bits per heavy atom. The van der Waals surface area contributed by atoms with Crippen molar-refractivity contribution in [1.29, 1.82) is 0 Å². The van der Waals surface area contributed by atoms with Crippen LogP contribution in [0, 0.1) is 11.7 Å². The number of nitrogens with one attached hydrogen (secondary N) is 2. The Bertz CT molecular complexity index is 1240. The zero-order valence-electron chi connectivity index (χ0n) is 16.8. The number of nitrogens with zero attached hydrogens (tertiary/aromatic N) is 4. The Morgan fingerprint density at radius 2 is 2.07 bits per heavy atom. The molecule has 0 atom stereocenters. The molecule has 3 aromatic heterocycles. The van der Waals surface area contributed by atoms with Crippen molar-refractivity contribution in [2.75, 3.05) is 0 Å². The second kappa shape index (κ2) is 8.50. The fourth-order valence-electron chi connectivity index (χ4n) is 3.21. The average Bonchev–Trinajstić information content (AvgIpc) is 3.34. The van der Waals surface area contributed by atoms with E-state index in [1.54, 1.807) is 24.3 Å². The number of hydrogen-bond donors (Lipinski definition) is 2. The van der Waals surface area contributed by atoms with Crippen molar-refractivity contribution in [3.8, 4) is 5.75 Å². The van der Waals surface area contributed by atoms with Crippen LogP contribution in [0.15, 0.2) is 48.8 Å². The van der Waals surface area contributed by atoms with E-state index in [-0.39, 0.29) is 5.91 Å². The molecule has 8 nitrogen and oxygen atoms in total. The molecule has 3 heterocycles. The maximum absolute atomic E-state index is 12.4. The first-order valence-electron chi connectivity index (χ1n) is 9.63. The Labute approximate surface area is 178 Å². The molecule has 0 aliphatic heterocycles. The van der Waals surface area contributed by atoms with Crippen LogP contribution in [0.5, 0.6) is 5.75 Å². The maximum atomic E-state index is 12.4. The lowest BCUT2D eigenvalue weighted by molar-refractivity contribution is 0.0949. The molecule has 0 saturated heterocycles. The minimum absolute atomic E-state index is 0.186. The standard InChI is InChI=1S/C21H22N6O2S/c1-3-27-18(24-25-21(27)30)11-22-20(28)15-6-8-17(9-7-15)29-13-16-12-26-10-4-5-14(2)19(26)23-16/h4-10,12H,3,11,13H2,1-2H3,(H,22,28)(H,25,30). The molecule has 30 heavy (non-hydrogen) atoms. The summed E-state index contributed by atoms with van der Waals surface area (Å²) in [5, 5.41) is 9.74. The van der Waals surface area contributed by atoms with Crippen molar-refractivity contribution < 1.29 is 9.53 Å². The number of H-pyrrole nitrogens is 1. The van der Waals surface area contributed by atoms with Crippen molar-refractivity contribution in [1.82, 2.24) is 29.5 Å². The number of carbonyl (C=O) groups excluding carboxylic acids is 1. The van der Waals surface area contributed by atoms with Crippen LogP contribution in [0.3, 0.4) is 0 Å². The highest BCUT2D eigenvalue weighted by Crippen LogP contribution is 2.16. The highest BCUT2D eigenvalue weighted by atomic mass is 32.1. The molecule has 0 saturated carbocycles. The van der Waals surface area contributed by atoms with Crippen molar-refractivity contribution in [2.45, 2.75) is 33.5 Å². The molecule has 0 spiro atoms. The van der Waals surface area contributed by atoms with Crippen LogP contribution in [0.4, 0.5) is 0 Å². The van der Waals surface area contributed by atoms with Gasteiger partial charge in [0.15, 0.2) is 10.6 Å². The number of aryl methyl sites for hydroxylation is 1. The van der Waals surface area contributed by atoms with Crippen LogP contribution >= 0.6 is 12.2 Å². The second-order valence-electron chi connectivity index (χ2n) is 6.84. The van der Waals surface area contributed by atoms with Gasteiger partial charge >= 0.3 is 0 Å². The average molecular weight is 423 g/mol. The molecule has 2 N–H and O–H groups in total. The van der Waals surface area contributed by atoms with Crippen LogP contribution in [-0.2, 0) is 19.7 Å². The number of amides is 1. The molecule has 0 aliphatic carbocycles. The predicted molar refractivity (Wildman–Crippen MR) is 115 cm³/mol. The van der Waals surface area contributed by atoms with Crippen LogP contribution in [0.25, 0.3) is 5.65 Å². The van der Waals surface area contributed by atoms with Crippen LogP contribution < -0.4 is 10.1 Å². The highest BCUT2D eigenvalue weighted by Gasteiger charge is 2.10. The minimum Gasteiger partial charge on any atom is -0.487 e. The normalized spacial score (nSPS) is 11.0. The number of rotatable bonds is 7. The Hall–Kier alpha value is -3.46. The predicted octanol–water partition coefficient (Wildman–Crippen LogP) is 3.43. The third-order valence-electron chi connectivity index (χ3n) is 4.79. The van der Waals surface area contributed by atoms with Crippen LogP contribution in [0.1, 0.15) is 34.4 Å². The number of fused-ring (bicyclic) bond motifs is 1. The number of hydrogen-bond acceptors (Lipinski definition) is 5. The molecule has 0 bridgehead atoms. The van der Waals surface area contributed by atoms with Gasteiger partial charge in [-0.1, -0.05) is 6.07 Å². The Kier molecular flexibility index (Phi) is 5.62. The molecule has 0 unspecified atom stereocenters. The molecule has 1 amide bonds. The van der Waals surface area contributed by atoms with Crippen molar-refractivity contribution in [2.24, 2.45) is 0 Å². The molecule has 0 radical (unpaired) electrons. The molecule has 1 aromatic carbocycles. The largest absolute Gasteiger partial charge is 0.487 e. The van der Waals surface area contributed by atoms with Gasteiger partial charge in [-0.3, -0.25) is 9.89 Å². The number of aromatic amines is 1. The molecule has 0 fully saturated rings. The number of ether oxygens (including phenoxy) is 1. The molecule has 154 valence electrons. The monoisotopic (exact) mass is 422 g/mol. The highest BCUT2D eigenvalue weighted by molar-refractivity contribution is 7.71. The van der Waals surface area contributed by atoms with Crippen LogP contribution in [0.2, 0.25) is 0 Å². The van der Waals surface area contributed by atoms with E-state index in [2.05, 4.69) is 20.5 Å². The van der Waals surface area contributed by atoms with Gasteiger partial charge in [0.05, 0.1) is 12.2 Å².